The predicted molar refractivity (Wildman–Crippen MR) is 70.7 cm³/mol. The molecule has 3 nitrogen and oxygen atoms in total. The third-order valence-electron chi connectivity index (χ3n) is 2.99. The molecule has 1 aliphatic heterocycles. The first-order valence-corrected chi connectivity index (χ1v) is 5.91. The molecule has 0 unspecified atom stereocenters. The third kappa shape index (κ3) is 2.32. The van der Waals surface area contributed by atoms with E-state index < -0.39 is 0 Å². The molecular formula is C12H17N3S. The first-order chi connectivity index (χ1) is 7.48. The molecule has 0 bridgehead atoms. The third-order valence-corrected chi connectivity index (χ3v) is 3.20. The van der Waals surface area contributed by atoms with Crippen LogP contribution in [0.4, 0.5) is 5.82 Å². The normalized spacial score (nSPS) is 18.8. The summed E-state index contributed by atoms with van der Waals surface area (Å²) in [6.07, 6.45) is 1.20. The zero-order chi connectivity index (χ0) is 11.8. The van der Waals surface area contributed by atoms with Crippen molar-refractivity contribution in [3.8, 4) is 0 Å². The fraction of sp³-hybridized carbons (Fsp3) is 0.500. The van der Waals surface area contributed by atoms with Crippen LogP contribution >= 0.6 is 12.2 Å². The molecule has 0 aliphatic carbocycles. The van der Waals surface area contributed by atoms with Crippen molar-refractivity contribution < 1.29 is 0 Å². The van der Waals surface area contributed by atoms with Gasteiger partial charge >= 0.3 is 0 Å². The van der Waals surface area contributed by atoms with E-state index >= 15 is 0 Å². The van der Waals surface area contributed by atoms with Crippen molar-refractivity contribution >= 4 is 23.0 Å². The molecule has 0 saturated carbocycles. The molecule has 16 heavy (non-hydrogen) atoms. The second kappa shape index (κ2) is 4.01. The summed E-state index contributed by atoms with van der Waals surface area (Å²) < 4.78 is 0. The maximum absolute atomic E-state index is 5.59. The highest BCUT2D eigenvalue weighted by atomic mass is 32.1. The van der Waals surface area contributed by atoms with Crippen molar-refractivity contribution in [1.29, 1.82) is 0 Å². The van der Waals surface area contributed by atoms with E-state index in [-0.39, 0.29) is 0 Å². The summed E-state index contributed by atoms with van der Waals surface area (Å²) in [5.41, 5.74) is 6.67. The summed E-state index contributed by atoms with van der Waals surface area (Å²) in [5.74, 6) is 0.982. The van der Waals surface area contributed by atoms with Gasteiger partial charge in [-0.1, -0.05) is 32.1 Å². The van der Waals surface area contributed by atoms with Gasteiger partial charge in [-0.25, -0.2) is 4.98 Å². The van der Waals surface area contributed by atoms with Gasteiger partial charge in [0.1, 0.15) is 10.8 Å². The quantitative estimate of drug-likeness (QED) is 0.796. The van der Waals surface area contributed by atoms with Crippen LogP contribution in [-0.2, 0) is 0 Å². The molecule has 0 amide bonds. The van der Waals surface area contributed by atoms with Gasteiger partial charge in [0.05, 0.1) is 5.69 Å². The van der Waals surface area contributed by atoms with Crippen LogP contribution in [0.25, 0.3) is 0 Å². The Bertz CT molecular complexity index is 414. The number of pyridine rings is 1. The fourth-order valence-corrected chi connectivity index (χ4v) is 2.16. The molecule has 0 spiro atoms. The Morgan fingerprint density at radius 2 is 2.25 bits per heavy atom. The topological polar surface area (TPSA) is 42.1 Å². The molecule has 4 heteroatoms. The number of hydrogen-bond acceptors (Lipinski definition) is 3. The Hall–Kier alpha value is -1.16. The lowest BCUT2D eigenvalue weighted by Gasteiger charge is -2.20. The Labute approximate surface area is 102 Å². The molecule has 0 atom stereocenters. The Kier molecular flexibility index (Phi) is 2.84. The van der Waals surface area contributed by atoms with Crippen LogP contribution in [0.15, 0.2) is 18.2 Å². The zero-order valence-electron chi connectivity index (χ0n) is 9.73. The molecule has 0 radical (unpaired) electrons. The number of nitrogens with two attached hydrogens (primary N) is 1. The lowest BCUT2D eigenvalue weighted by atomic mass is 9.93. The zero-order valence-corrected chi connectivity index (χ0v) is 10.5. The van der Waals surface area contributed by atoms with Gasteiger partial charge < -0.3 is 10.6 Å². The first kappa shape index (κ1) is 11.3. The molecule has 0 aromatic carbocycles. The SMILES string of the molecule is CC1(C)CCN(c2cccc(C(N)=S)n2)C1. The smallest absolute Gasteiger partial charge is 0.129 e. The molecule has 2 heterocycles. The van der Waals surface area contributed by atoms with E-state index in [0.29, 0.717) is 16.1 Å². The predicted octanol–water partition coefficient (Wildman–Crippen LogP) is 1.95. The molecule has 1 fully saturated rings. The van der Waals surface area contributed by atoms with Crippen molar-refractivity contribution in [2.75, 3.05) is 18.0 Å². The van der Waals surface area contributed by atoms with Gasteiger partial charge in [-0.15, -0.1) is 0 Å². The van der Waals surface area contributed by atoms with Crippen molar-refractivity contribution in [2.45, 2.75) is 20.3 Å². The van der Waals surface area contributed by atoms with Crippen LogP contribution < -0.4 is 10.6 Å². The maximum atomic E-state index is 5.59. The van der Waals surface area contributed by atoms with Crippen molar-refractivity contribution in [3.05, 3.63) is 23.9 Å². The highest BCUT2D eigenvalue weighted by molar-refractivity contribution is 7.80. The minimum absolute atomic E-state index is 0.361. The lowest BCUT2D eigenvalue weighted by molar-refractivity contribution is 0.418. The molecule has 86 valence electrons. The minimum atomic E-state index is 0.361. The molecule has 1 aromatic rings. The summed E-state index contributed by atoms with van der Waals surface area (Å²) in [6, 6.07) is 5.83. The van der Waals surface area contributed by atoms with Gasteiger partial charge in [0.2, 0.25) is 0 Å². The fourth-order valence-electron chi connectivity index (χ4n) is 2.04. The summed E-state index contributed by atoms with van der Waals surface area (Å²) in [5, 5.41) is 0. The number of rotatable bonds is 2. The van der Waals surface area contributed by atoms with E-state index in [1.807, 2.05) is 18.2 Å². The molecular weight excluding hydrogens is 218 g/mol. The van der Waals surface area contributed by atoms with E-state index in [4.69, 9.17) is 18.0 Å². The molecule has 1 saturated heterocycles. The summed E-state index contributed by atoms with van der Waals surface area (Å²) in [6.45, 7) is 6.66. The Morgan fingerprint density at radius 3 is 2.81 bits per heavy atom. The van der Waals surface area contributed by atoms with Crippen molar-refractivity contribution in [1.82, 2.24) is 4.98 Å². The minimum Gasteiger partial charge on any atom is -0.388 e. The van der Waals surface area contributed by atoms with Gasteiger partial charge in [0.25, 0.3) is 0 Å². The average molecular weight is 235 g/mol. The van der Waals surface area contributed by atoms with Crippen molar-refractivity contribution in [2.24, 2.45) is 11.1 Å². The van der Waals surface area contributed by atoms with E-state index in [1.165, 1.54) is 6.42 Å². The van der Waals surface area contributed by atoms with E-state index in [0.717, 1.165) is 18.9 Å². The van der Waals surface area contributed by atoms with Gasteiger partial charge in [0.15, 0.2) is 0 Å². The van der Waals surface area contributed by atoms with E-state index in [2.05, 4.69) is 23.7 Å². The number of nitrogens with zero attached hydrogens (tertiary/aromatic N) is 2. The Morgan fingerprint density at radius 1 is 1.50 bits per heavy atom. The standard InChI is InChI=1S/C12H17N3S/c1-12(2)6-7-15(8-12)10-5-3-4-9(14-10)11(13)16/h3-5H,6-8H2,1-2H3,(H2,13,16). The van der Waals surface area contributed by atoms with Crippen LogP contribution in [0, 0.1) is 5.41 Å². The van der Waals surface area contributed by atoms with Gasteiger partial charge in [-0.3, -0.25) is 0 Å². The van der Waals surface area contributed by atoms with Crippen molar-refractivity contribution in [3.63, 3.8) is 0 Å². The summed E-state index contributed by atoms with van der Waals surface area (Å²) in [7, 11) is 0. The monoisotopic (exact) mass is 235 g/mol. The van der Waals surface area contributed by atoms with Crippen LogP contribution in [0.1, 0.15) is 26.0 Å². The number of anilines is 1. The molecule has 1 aliphatic rings. The summed E-state index contributed by atoms with van der Waals surface area (Å²) in [4.78, 5) is 7.13. The van der Waals surface area contributed by atoms with Crippen LogP contribution in [0.5, 0.6) is 0 Å². The van der Waals surface area contributed by atoms with Gasteiger partial charge in [0, 0.05) is 13.1 Å². The molecule has 2 rings (SSSR count). The average Bonchev–Trinajstić information content (AvgIpc) is 2.59. The molecule has 2 N–H and O–H groups in total. The van der Waals surface area contributed by atoms with Crippen LogP contribution in [0.2, 0.25) is 0 Å². The van der Waals surface area contributed by atoms with E-state index in [9.17, 15) is 0 Å². The number of hydrogen-bond donors (Lipinski definition) is 1. The maximum Gasteiger partial charge on any atom is 0.129 e. The molecule has 1 aromatic heterocycles. The van der Waals surface area contributed by atoms with Crippen LogP contribution in [-0.4, -0.2) is 23.1 Å². The van der Waals surface area contributed by atoms with E-state index in [1.54, 1.807) is 0 Å². The van der Waals surface area contributed by atoms with Gasteiger partial charge in [-0.2, -0.15) is 0 Å². The Balaban J connectivity index is 2.22. The first-order valence-electron chi connectivity index (χ1n) is 5.50. The van der Waals surface area contributed by atoms with Gasteiger partial charge in [-0.05, 0) is 24.0 Å². The second-order valence-electron chi connectivity index (χ2n) is 5.08. The number of aromatic nitrogens is 1. The second-order valence-corrected chi connectivity index (χ2v) is 5.52. The summed E-state index contributed by atoms with van der Waals surface area (Å²) >= 11 is 4.94. The van der Waals surface area contributed by atoms with Crippen LogP contribution in [0.3, 0.4) is 0 Å². The highest BCUT2D eigenvalue weighted by Gasteiger charge is 2.29. The highest BCUT2D eigenvalue weighted by Crippen LogP contribution is 2.31. The lowest BCUT2D eigenvalue weighted by Crippen LogP contribution is -2.24. The largest absolute Gasteiger partial charge is 0.388 e. The number of thiocarbonyl (C=S) groups is 1.